The molecule has 0 spiro atoms. The zero-order chi connectivity index (χ0) is 15.1. The van der Waals surface area contributed by atoms with Crippen molar-refractivity contribution in [3.05, 3.63) is 0 Å². The minimum Gasteiger partial charge on any atom is -0.450 e. The molecule has 2 heterocycles. The highest BCUT2D eigenvalue weighted by Crippen LogP contribution is 2.25. The lowest BCUT2D eigenvalue weighted by atomic mass is 9.94. The Balaban J connectivity index is 1.87. The molecule has 2 rings (SSSR count). The summed E-state index contributed by atoms with van der Waals surface area (Å²) in [6.07, 6.45) is 1.25. The van der Waals surface area contributed by atoms with E-state index in [0.717, 1.165) is 39.0 Å². The SMILES string of the molecule is CCOC(=O)N1CCC(C(OC=O)N2CCNCC2)CC1. The molecule has 2 aliphatic rings. The average molecular weight is 299 g/mol. The molecule has 2 fully saturated rings. The van der Waals surface area contributed by atoms with E-state index in [4.69, 9.17) is 9.47 Å². The molecule has 120 valence electrons. The van der Waals surface area contributed by atoms with Crippen LogP contribution in [0.5, 0.6) is 0 Å². The Morgan fingerprint density at radius 3 is 2.52 bits per heavy atom. The summed E-state index contributed by atoms with van der Waals surface area (Å²) in [5.41, 5.74) is 0. The second-order valence-corrected chi connectivity index (χ2v) is 5.43. The number of hydrogen-bond donors (Lipinski definition) is 1. The average Bonchev–Trinajstić information content (AvgIpc) is 2.54. The van der Waals surface area contributed by atoms with Crippen molar-refractivity contribution in [1.82, 2.24) is 15.1 Å². The zero-order valence-corrected chi connectivity index (χ0v) is 12.6. The minimum atomic E-state index is -0.244. The van der Waals surface area contributed by atoms with E-state index < -0.39 is 0 Å². The van der Waals surface area contributed by atoms with Gasteiger partial charge >= 0.3 is 6.09 Å². The van der Waals surface area contributed by atoms with Crippen LogP contribution in [0.15, 0.2) is 0 Å². The van der Waals surface area contributed by atoms with Crippen molar-refractivity contribution >= 4 is 12.6 Å². The van der Waals surface area contributed by atoms with E-state index in [1.165, 1.54) is 0 Å². The maximum Gasteiger partial charge on any atom is 0.409 e. The Morgan fingerprint density at radius 2 is 1.95 bits per heavy atom. The Labute approximate surface area is 125 Å². The van der Waals surface area contributed by atoms with Crippen LogP contribution in [-0.2, 0) is 14.3 Å². The van der Waals surface area contributed by atoms with Crippen molar-refractivity contribution < 1.29 is 19.1 Å². The third-order valence-electron chi connectivity index (χ3n) is 4.18. The second-order valence-electron chi connectivity index (χ2n) is 5.43. The molecular formula is C14H25N3O4. The molecule has 0 bridgehead atoms. The topological polar surface area (TPSA) is 71.1 Å². The van der Waals surface area contributed by atoms with Crippen LogP contribution in [0.25, 0.3) is 0 Å². The van der Waals surface area contributed by atoms with Crippen LogP contribution in [0.4, 0.5) is 4.79 Å². The van der Waals surface area contributed by atoms with Crippen LogP contribution in [0.1, 0.15) is 19.8 Å². The lowest BCUT2D eigenvalue weighted by molar-refractivity contribution is -0.152. The van der Waals surface area contributed by atoms with Crippen LogP contribution in [0.3, 0.4) is 0 Å². The summed E-state index contributed by atoms with van der Waals surface area (Å²) in [5, 5.41) is 3.30. The van der Waals surface area contributed by atoms with Gasteiger partial charge in [-0.15, -0.1) is 0 Å². The predicted octanol–water partition coefficient (Wildman–Crippen LogP) is 0.259. The number of piperidine rings is 1. The lowest BCUT2D eigenvalue weighted by Gasteiger charge is -2.40. The fourth-order valence-corrected chi connectivity index (χ4v) is 3.07. The fourth-order valence-electron chi connectivity index (χ4n) is 3.07. The Hall–Kier alpha value is -1.34. The van der Waals surface area contributed by atoms with Crippen LogP contribution < -0.4 is 5.32 Å². The molecule has 1 unspecified atom stereocenters. The third-order valence-corrected chi connectivity index (χ3v) is 4.18. The molecule has 0 aromatic rings. The third kappa shape index (κ3) is 4.31. The minimum absolute atomic E-state index is 0.172. The molecule has 7 heteroatoms. The Morgan fingerprint density at radius 1 is 1.29 bits per heavy atom. The van der Waals surface area contributed by atoms with E-state index in [-0.39, 0.29) is 18.2 Å². The van der Waals surface area contributed by atoms with Gasteiger partial charge < -0.3 is 19.7 Å². The summed E-state index contributed by atoms with van der Waals surface area (Å²) in [6.45, 7) is 7.68. The molecule has 1 atom stereocenters. The molecule has 0 aliphatic carbocycles. The van der Waals surface area contributed by atoms with E-state index >= 15 is 0 Å². The van der Waals surface area contributed by atoms with Gasteiger partial charge in [-0.1, -0.05) is 0 Å². The van der Waals surface area contributed by atoms with E-state index in [0.29, 0.717) is 26.2 Å². The van der Waals surface area contributed by atoms with Crippen LogP contribution in [0, 0.1) is 5.92 Å². The molecule has 21 heavy (non-hydrogen) atoms. The van der Waals surface area contributed by atoms with Gasteiger partial charge in [0.15, 0.2) is 6.23 Å². The van der Waals surface area contributed by atoms with E-state index in [2.05, 4.69) is 10.2 Å². The Kier molecular flexibility index (Phi) is 6.25. The number of hydrogen-bond acceptors (Lipinski definition) is 6. The highest BCUT2D eigenvalue weighted by molar-refractivity contribution is 5.67. The van der Waals surface area contributed by atoms with Crippen LogP contribution in [-0.4, -0.2) is 74.5 Å². The van der Waals surface area contributed by atoms with Gasteiger partial charge in [-0.2, -0.15) is 0 Å². The summed E-state index contributed by atoms with van der Waals surface area (Å²) < 4.78 is 10.4. The molecule has 1 N–H and O–H groups in total. The molecule has 2 aliphatic heterocycles. The first-order valence-electron chi connectivity index (χ1n) is 7.71. The van der Waals surface area contributed by atoms with Gasteiger partial charge in [0.2, 0.25) is 0 Å². The van der Waals surface area contributed by atoms with Crippen molar-refractivity contribution in [3.8, 4) is 0 Å². The van der Waals surface area contributed by atoms with E-state index in [1.54, 1.807) is 4.90 Å². The van der Waals surface area contributed by atoms with Crippen molar-refractivity contribution in [2.24, 2.45) is 5.92 Å². The van der Waals surface area contributed by atoms with Gasteiger partial charge in [0, 0.05) is 45.2 Å². The quantitative estimate of drug-likeness (QED) is 0.734. The second kappa shape index (κ2) is 8.19. The van der Waals surface area contributed by atoms with Crippen molar-refractivity contribution in [2.45, 2.75) is 26.0 Å². The maximum atomic E-state index is 11.7. The first kappa shape index (κ1) is 16.0. The van der Waals surface area contributed by atoms with Gasteiger partial charge in [-0.3, -0.25) is 9.69 Å². The standard InChI is InChI=1S/C14H25N3O4/c1-2-20-14(19)17-7-3-12(4-8-17)13(21-11-18)16-9-5-15-6-10-16/h11-13,15H,2-10H2,1H3. The number of carbonyl (C=O) groups excluding carboxylic acids is 2. The number of ether oxygens (including phenoxy) is 2. The molecule has 2 saturated heterocycles. The van der Waals surface area contributed by atoms with Gasteiger partial charge in [0.05, 0.1) is 6.61 Å². The van der Waals surface area contributed by atoms with Gasteiger partial charge in [0.1, 0.15) is 0 Å². The van der Waals surface area contributed by atoms with E-state index in [1.807, 2.05) is 6.92 Å². The molecule has 0 radical (unpaired) electrons. The van der Waals surface area contributed by atoms with Crippen molar-refractivity contribution in [3.63, 3.8) is 0 Å². The van der Waals surface area contributed by atoms with E-state index in [9.17, 15) is 9.59 Å². The largest absolute Gasteiger partial charge is 0.450 e. The number of likely N-dealkylation sites (tertiary alicyclic amines) is 1. The maximum absolute atomic E-state index is 11.7. The molecule has 0 saturated carbocycles. The molecule has 0 aromatic carbocycles. The van der Waals surface area contributed by atoms with Gasteiger partial charge in [-0.25, -0.2) is 4.79 Å². The highest BCUT2D eigenvalue weighted by Gasteiger charge is 2.34. The molecule has 0 aromatic heterocycles. The lowest BCUT2D eigenvalue weighted by Crippen LogP contribution is -2.53. The number of carbonyl (C=O) groups is 2. The highest BCUT2D eigenvalue weighted by atomic mass is 16.6. The van der Waals surface area contributed by atoms with Gasteiger partial charge in [-0.05, 0) is 19.8 Å². The summed E-state index contributed by atoms with van der Waals surface area (Å²) in [5.74, 6) is 0.277. The monoisotopic (exact) mass is 299 g/mol. The summed E-state index contributed by atoms with van der Waals surface area (Å²) >= 11 is 0. The Bertz CT molecular complexity index is 339. The smallest absolute Gasteiger partial charge is 0.409 e. The van der Waals surface area contributed by atoms with Crippen molar-refractivity contribution in [2.75, 3.05) is 45.9 Å². The fraction of sp³-hybridized carbons (Fsp3) is 0.857. The summed E-state index contributed by atoms with van der Waals surface area (Å²) in [7, 11) is 0. The predicted molar refractivity (Wildman–Crippen MR) is 76.7 cm³/mol. The summed E-state index contributed by atoms with van der Waals surface area (Å²) in [4.78, 5) is 26.5. The van der Waals surface area contributed by atoms with Crippen molar-refractivity contribution in [1.29, 1.82) is 0 Å². The summed E-state index contributed by atoms with van der Waals surface area (Å²) in [6, 6.07) is 0. The number of nitrogens with zero attached hydrogens (tertiary/aromatic N) is 2. The number of piperazine rings is 1. The number of nitrogens with one attached hydrogen (secondary N) is 1. The molecule has 7 nitrogen and oxygen atoms in total. The van der Waals surface area contributed by atoms with Gasteiger partial charge in [0.25, 0.3) is 6.47 Å². The molecule has 1 amide bonds. The zero-order valence-electron chi connectivity index (χ0n) is 12.6. The normalized spacial score (nSPS) is 22.6. The first-order chi connectivity index (χ1) is 10.3. The van der Waals surface area contributed by atoms with Crippen LogP contribution >= 0.6 is 0 Å². The van der Waals surface area contributed by atoms with Crippen LogP contribution in [0.2, 0.25) is 0 Å². The molecular weight excluding hydrogens is 274 g/mol. The number of amides is 1. The first-order valence-corrected chi connectivity index (χ1v) is 7.71. The number of rotatable bonds is 5.